The summed E-state index contributed by atoms with van der Waals surface area (Å²) in [4.78, 5) is 0. The number of benzene rings is 3. The lowest BCUT2D eigenvalue weighted by atomic mass is 9.96. The number of hydrogen-bond acceptors (Lipinski definition) is 8. The Labute approximate surface area is 236 Å². The lowest BCUT2D eigenvalue weighted by molar-refractivity contribution is -0.283. The zero-order valence-electron chi connectivity index (χ0n) is 23.1. The van der Waals surface area contributed by atoms with E-state index in [0.717, 1.165) is 16.7 Å². The molecular weight excluding hydrogens is 533 g/mol. The van der Waals surface area contributed by atoms with Crippen LogP contribution in [0.3, 0.4) is 0 Å². The highest BCUT2D eigenvalue weighted by Gasteiger charge is 2.50. The van der Waals surface area contributed by atoms with Crippen LogP contribution in [0.25, 0.3) is 0 Å². The number of methoxy groups -OCH3 is 1. The molecule has 0 spiro atoms. The minimum atomic E-state index is -3.69. The molecule has 1 saturated heterocycles. The van der Waals surface area contributed by atoms with E-state index in [0.29, 0.717) is 13.2 Å². The fourth-order valence-electron chi connectivity index (χ4n) is 4.54. The van der Waals surface area contributed by atoms with Crippen LogP contribution in [0.5, 0.6) is 0 Å². The van der Waals surface area contributed by atoms with Gasteiger partial charge in [0.25, 0.3) is 0 Å². The number of nitrogens with one attached hydrogen (secondary N) is 1. The highest BCUT2D eigenvalue weighted by molar-refractivity contribution is 7.51. The van der Waals surface area contributed by atoms with Crippen LogP contribution in [0.4, 0.5) is 0 Å². The molecule has 0 aliphatic carbocycles. The van der Waals surface area contributed by atoms with Crippen molar-refractivity contribution in [3.05, 3.63) is 108 Å². The number of rotatable bonds is 15. The van der Waals surface area contributed by atoms with Crippen molar-refractivity contribution in [3.63, 3.8) is 0 Å². The smallest absolute Gasteiger partial charge is 0.374 e. The van der Waals surface area contributed by atoms with E-state index < -0.39 is 38.4 Å². The third-order valence-corrected chi connectivity index (χ3v) is 8.21. The van der Waals surface area contributed by atoms with Crippen molar-refractivity contribution in [1.29, 1.82) is 0 Å². The van der Waals surface area contributed by atoms with Crippen LogP contribution >= 0.6 is 7.75 Å². The predicted molar refractivity (Wildman–Crippen MR) is 150 cm³/mol. The summed E-state index contributed by atoms with van der Waals surface area (Å²) in [5, 5.41) is 2.97. The second kappa shape index (κ2) is 15.5. The average molecular weight is 572 g/mol. The van der Waals surface area contributed by atoms with Gasteiger partial charge in [-0.25, -0.2) is 9.65 Å². The molecule has 216 valence electrons. The molecule has 1 N–H and O–H groups in total. The molecule has 0 amide bonds. The molecule has 10 heteroatoms. The summed E-state index contributed by atoms with van der Waals surface area (Å²) in [6, 6.07) is 28.8. The maximum absolute atomic E-state index is 13.2. The van der Waals surface area contributed by atoms with Gasteiger partial charge in [0, 0.05) is 21.3 Å². The molecule has 0 aromatic heterocycles. The van der Waals surface area contributed by atoms with Crippen LogP contribution in [0.1, 0.15) is 16.7 Å². The molecule has 3 aromatic carbocycles. The van der Waals surface area contributed by atoms with Gasteiger partial charge in [-0.05, 0) is 16.7 Å². The molecule has 5 atom stereocenters. The van der Waals surface area contributed by atoms with E-state index in [9.17, 15) is 4.57 Å². The topological polar surface area (TPSA) is 93.7 Å². The van der Waals surface area contributed by atoms with E-state index in [1.54, 1.807) is 0 Å². The SMILES string of the molecule is CO[C@@H]1O[C@H](COCc2ccccc2)[C@@H](OCc2ccccc2)[C@H](OCc2ccccc2)[C@H]1NP(=O)(OC)OC. The zero-order valence-corrected chi connectivity index (χ0v) is 24.0. The Bertz CT molecular complexity index is 1160. The Morgan fingerprint density at radius 3 is 1.65 bits per heavy atom. The summed E-state index contributed by atoms with van der Waals surface area (Å²) in [7, 11) is 0.448. The maximum atomic E-state index is 13.2. The van der Waals surface area contributed by atoms with Gasteiger partial charge in [-0.1, -0.05) is 91.0 Å². The van der Waals surface area contributed by atoms with Gasteiger partial charge in [-0.2, -0.15) is 0 Å². The standard InChI is InChI=1S/C30H38NO8P/c1-33-30-27(31-40(32,34-2)35-3)29(38-21-25-17-11-6-12-18-25)28(37-20-24-15-9-5-10-16-24)26(39-30)22-36-19-23-13-7-4-8-14-23/h4-18,26-30H,19-22H2,1-3H3,(H,31,32)/t26-,27-,28-,29-,30-/m1/s1. The van der Waals surface area contributed by atoms with Crippen molar-refractivity contribution in [1.82, 2.24) is 5.09 Å². The Morgan fingerprint density at radius 2 is 1.18 bits per heavy atom. The van der Waals surface area contributed by atoms with E-state index in [4.69, 9.17) is 32.7 Å². The molecule has 1 fully saturated rings. The normalized spacial score (nSPS) is 23.2. The van der Waals surface area contributed by atoms with Gasteiger partial charge < -0.3 is 32.7 Å². The van der Waals surface area contributed by atoms with Gasteiger partial charge in [-0.3, -0.25) is 0 Å². The molecule has 3 aromatic rings. The lowest BCUT2D eigenvalue weighted by Crippen LogP contribution is -2.64. The first kappa shape index (κ1) is 30.5. The van der Waals surface area contributed by atoms with Crippen LogP contribution in [0.2, 0.25) is 0 Å². The van der Waals surface area contributed by atoms with Gasteiger partial charge in [-0.15, -0.1) is 0 Å². The van der Waals surface area contributed by atoms with E-state index in [-0.39, 0.29) is 13.2 Å². The van der Waals surface area contributed by atoms with Crippen molar-refractivity contribution < 1.29 is 37.3 Å². The number of hydrogen-bond donors (Lipinski definition) is 1. The summed E-state index contributed by atoms with van der Waals surface area (Å²) in [5.41, 5.74) is 3.01. The fourth-order valence-corrected chi connectivity index (χ4v) is 5.53. The Hall–Kier alpha value is -2.43. The monoisotopic (exact) mass is 571 g/mol. The van der Waals surface area contributed by atoms with Gasteiger partial charge >= 0.3 is 7.75 Å². The van der Waals surface area contributed by atoms with Crippen LogP contribution < -0.4 is 5.09 Å². The van der Waals surface area contributed by atoms with Crippen molar-refractivity contribution in [2.45, 2.75) is 50.5 Å². The summed E-state index contributed by atoms with van der Waals surface area (Å²) in [5.74, 6) is 0. The molecule has 9 nitrogen and oxygen atoms in total. The zero-order chi connectivity index (χ0) is 28.2. The van der Waals surface area contributed by atoms with E-state index in [1.807, 2.05) is 91.0 Å². The van der Waals surface area contributed by atoms with Gasteiger partial charge in [0.05, 0.1) is 32.5 Å². The molecule has 0 saturated carbocycles. The van der Waals surface area contributed by atoms with Crippen molar-refractivity contribution >= 4 is 7.75 Å². The Balaban J connectivity index is 1.61. The third kappa shape index (κ3) is 8.54. The summed E-state index contributed by atoms with van der Waals surface area (Å²) in [6.07, 6.45) is -2.71. The van der Waals surface area contributed by atoms with E-state index in [2.05, 4.69) is 5.09 Å². The second-order valence-corrected chi connectivity index (χ2v) is 11.3. The highest BCUT2D eigenvalue weighted by Crippen LogP contribution is 2.44. The van der Waals surface area contributed by atoms with Crippen LogP contribution in [0.15, 0.2) is 91.0 Å². The molecule has 1 aliphatic heterocycles. The third-order valence-electron chi connectivity index (χ3n) is 6.63. The fraction of sp³-hybridized carbons (Fsp3) is 0.400. The highest BCUT2D eigenvalue weighted by atomic mass is 31.2. The first-order chi connectivity index (χ1) is 19.5. The van der Waals surface area contributed by atoms with Crippen LogP contribution in [-0.2, 0) is 57.1 Å². The number of ether oxygens (including phenoxy) is 5. The largest absolute Gasteiger partial charge is 0.405 e. The molecular formula is C30H38NO8P. The molecule has 40 heavy (non-hydrogen) atoms. The summed E-state index contributed by atoms with van der Waals surface area (Å²) in [6.45, 7) is 1.22. The van der Waals surface area contributed by atoms with Crippen LogP contribution in [0, 0.1) is 0 Å². The molecule has 0 unspecified atom stereocenters. The van der Waals surface area contributed by atoms with E-state index in [1.165, 1.54) is 21.3 Å². The molecule has 4 rings (SSSR count). The van der Waals surface area contributed by atoms with Crippen LogP contribution in [-0.4, -0.2) is 58.6 Å². The first-order valence-electron chi connectivity index (χ1n) is 13.2. The molecule has 1 aliphatic rings. The Kier molecular flexibility index (Phi) is 11.9. The molecule has 1 heterocycles. The minimum Gasteiger partial charge on any atom is -0.374 e. The van der Waals surface area contributed by atoms with Crippen molar-refractivity contribution in [2.75, 3.05) is 27.9 Å². The Morgan fingerprint density at radius 1 is 0.700 bits per heavy atom. The summed E-state index contributed by atoms with van der Waals surface area (Å²) >= 11 is 0. The van der Waals surface area contributed by atoms with Gasteiger partial charge in [0.15, 0.2) is 6.29 Å². The first-order valence-corrected chi connectivity index (χ1v) is 14.7. The average Bonchev–Trinajstić information content (AvgIpc) is 3.01. The minimum absolute atomic E-state index is 0.221. The van der Waals surface area contributed by atoms with Gasteiger partial charge in [0.2, 0.25) is 0 Å². The lowest BCUT2D eigenvalue weighted by Gasteiger charge is -2.46. The maximum Gasteiger partial charge on any atom is 0.405 e. The quantitative estimate of drug-likeness (QED) is 0.250. The van der Waals surface area contributed by atoms with Gasteiger partial charge in [0.1, 0.15) is 18.3 Å². The molecule has 0 bridgehead atoms. The summed E-state index contributed by atoms with van der Waals surface area (Å²) < 4.78 is 54.7. The van der Waals surface area contributed by atoms with Crippen molar-refractivity contribution in [2.24, 2.45) is 0 Å². The molecule has 0 radical (unpaired) electrons. The van der Waals surface area contributed by atoms with Crippen molar-refractivity contribution in [3.8, 4) is 0 Å². The second-order valence-electron chi connectivity index (χ2n) is 9.32. The predicted octanol–water partition coefficient (Wildman–Crippen LogP) is 5.10. The van der Waals surface area contributed by atoms with E-state index >= 15 is 0 Å².